The molecule has 1 rings (SSSR count). The molecular weight excluding hydrogens is 272 g/mol. The van der Waals surface area contributed by atoms with Crippen LogP contribution < -0.4 is 10.6 Å². The van der Waals surface area contributed by atoms with Crippen LogP contribution in [0.25, 0.3) is 0 Å². The van der Waals surface area contributed by atoms with Gasteiger partial charge < -0.3 is 15.7 Å². The topological polar surface area (TPSA) is 95.5 Å². The van der Waals surface area contributed by atoms with Crippen LogP contribution in [0.2, 0.25) is 0 Å². The van der Waals surface area contributed by atoms with Crippen LogP contribution in [-0.4, -0.2) is 35.0 Å². The van der Waals surface area contributed by atoms with E-state index < -0.39 is 24.0 Å². The predicted octanol–water partition coefficient (Wildman–Crippen LogP) is 1.22. The molecule has 2 amide bonds. The normalized spacial score (nSPS) is 17.8. The summed E-state index contributed by atoms with van der Waals surface area (Å²) in [5.74, 6) is -1.69. The first-order valence-corrected chi connectivity index (χ1v) is 7.40. The number of hydrogen-bond donors (Lipinski definition) is 3. The number of carbonyl (C=O) groups excluding carboxylic acids is 2. The number of carbonyl (C=O) groups is 3. The Morgan fingerprint density at radius 3 is 2.43 bits per heavy atom. The third kappa shape index (κ3) is 5.57. The third-order valence-corrected chi connectivity index (χ3v) is 3.75. The third-order valence-electron chi connectivity index (χ3n) is 3.75. The van der Waals surface area contributed by atoms with Crippen LogP contribution in [-0.2, 0) is 14.4 Å². The largest absolute Gasteiger partial charge is 0.480 e. The molecule has 0 aromatic rings. The van der Waals surface area contributed by atoms with Crippen LogP contribution in [0.1, 0.15) is 45.4 Å². The minimum atomic E-state index is -1.08. The lowest BCUT2D eigenvalue weighted by Gasteiger charge is -2.19. The van der Waals surface area contributed by atoms with Crippen molar-refractivity contribution < 1.29 is 19.5 Å². The summed E-state index contributed by atoms with van der Waals surface area (Å²) >= 11 is 0. The molecule has 0 heterocycles. The van der Waals surface area contributed by atoms with Crippen LogP contribution in [0, 0.1) is 5.92 Å². The van der Waals surface area contributed by atoms with Gasteiger partial charge in [0.05, 0.1) is 0 Å². The van der Waals surface area contributed by atoms with Crippen LogP contribution >= 0.6 is 0 Å². The smallest absolute Gasteiger partial charge is 0.326 e. The van der Waals surface area contributed by atoms with E-state index in [1.807, 2.05) is 0 Å². The first kappa shape index (κ1) is 17.2. The van der Waals surface area contributed by atoms with Gasteiger partial charge in [-0.1, -0.05) is 18.9 Å². The molecule has 2 unspecified atom stereocenters. The highest BCUT2D eigenvalue weighted by Gasteiger charge is 2.27. The Bertz CT molecular complexity index is 402. The van der Waals surface area contributed by atoms with Crippen molar-refractivity contribution in [2.24, 2.45) is 5.92 Å². The van der Waals surface area contributed by atoms with Crippen molar-refractivity contribution in [1.29, 1.82) is 0 Å². The van der Waals surface area contributed by atoms with Crippen LogP contribution in [0.3, 0.4) is 0 Å². The van der Waals surface area contributed by atoms with Crippen LogP contribution in [0.5, 0.6) is 0 Å². The minimum absolute atomic E-state index is 0.0173. The number of allylic oxidation sites excluding steroid dienone is 1. The quantitative estimate of drug-likeness (QED) is 0.587. The maximum Gasteiger partial charge on any atom is 0.326 e. The summed E-state index contributed by atoms with van der Waals surface area (Å²) in [6, 6.07) is -1.69. The highest BCUT2D eigenvalue weighted by molar-refractivity contribution is 5.90. The molecule has 0 spiro atoms. The van der Waals surface area contributed by atoms with Crippen molar-refractivity contribution in [2.75, 3.05) is 0 Å². The fourth-order valence-corrected chi connectivity index (χ4v) is 2.42. The summed E-state index contributed by atoms with van der Waals surface area (Å²) in [6.07, 6.45) is 6.19. The summed E-state index contributed by atoms with van der Waals surface area (Å²) in [6.45, 7) is 5.09. The van der Waals surface area contributed by atoms with Gasteiger partial charge in [0.25, 0.3) is 0 Å². The zero-order valence-corrected chi connectivity index (χ0v) is 12.4. The summed E-state index contributed by atoms with van der Waals surface area (Å²) in [4.78, 5) is 34.9. The van der Waals surface area contributed by atoms with E-state index in [1.54, 1.807) is 13.0 Å². The number of carboxylic acids is 1. The Morgan fingerprint density at radius 2 is 1.90 bits per heavy atom. The molecule has 0 saturated heterocycles. The number of aliphatic carboxylic acids is 1. The molecule has 1 fully saturated rings. The van der Waals surface area contributed by atoms with Crippen LogP contribution in [0.4, 0.5) is 0 Å². The van der Waals surface area contributed by atoms with Crippen molar-refractivity contribution in [1.82, 2.24) is 10.6 Å². The average molecular weight is 296 g/mol. The first-order valence-electron chi connectivity index (χ1n) is 7.40. The Labute approximate surface area is 125 Å². The second kappa shape index (κ2) is 8.44. The molecule has 0 radical (unpaired) electrons. The molecule has 1 aliphatic carbocycles. The maximum atomic E-state index is 12.0. The molecule has 118 valence electrons. The van der Waals surface area contributed by atoms with Crippen molar-refractivity contribution in [3.63, 3.8) is 0 Å². The fourth-order valence-electron chi connectivity index (χ4n) is 2.42. The number of amides is 2. The molecular formula is C15H24N2O4. The molecule has 0 aromatic carbocycles. The van der Waals surface area contributed by atoms with E-state index in [-0.39, 0.29) is 18.2 Å². The van der Waals surface area contributed by atoms with E-state index in [1.165, 1.54) is 0 Å². The van der Waals surface area contributed by atoms with Gasteiger partial charge in [0.15, 0.2) is 0 Å². The molecule has 0 aromatic heterocycles. The molecule has 2 atom stereocenters. The van der Waals surface area contributed by atoms with E-state index in [0.29, 0.717) is 6.42 Å². The molecule has 6 heteroatoms. The minimum Gasteiger partial charge on any atom is -0.480 e. The Hall–Kier alpha value is -1.85. The number of carboxylic acid groups (broad SMARTS) is 1. The lowest BCUT2D eigenvalue weighted by molar-refractivity contribution is -0.142. The van der Waals surface area contributed by atoms with Gasteiger partial charge in [-0.25, -0.2) is 4.79 Å². The zero-order chi connectivity index (χ0) is 15.8. The van der Waals surface area contributed by atoms with Crippen molar-refractivity contribution in [3.05, 3.63) is 12.7 Å². The monoisotopic (exact) mass is 296 g/mol. The fraction of sp³-hybridized carbons (Fsp3) is 0.667. The number of rotatable bonds is 8. The van der Waals surface area contributed by atoms with E-state index in [2.05, 4.69) is 17.2 Å². The molecule has 1 saturated carbocycles. The summed E-state index contributed by atoms with van der Waals surface area (Å²) < 4.78 is 0. The lowest BCUT2D eigenvalue weighted by atomic mass is 10.1. The van der Waals surface area contributed by atoms with Gasteiger partial charge in [-0.05, 0) is 32.6 Å². The molecule has 0 aliphatic heterocycles. The summed E-state index contributed by atoms with van der Waals surface area (Å²) in [7, 11) is 0. The van der Waals surface area contributed by atoms with Crippen molar-refractivity contribution in [3.8, 4) is 0 Å². The van der Waals surface area contributed by atoms with Gasteiger partial charge in [0, 0.05) is 5.92 Å². The Kier molecular flexibility index (Phi) is 6.91. The standard InChI is InChI=1S/C15H24N2O4/c1-3-4-9-12(15(20)21)17-13(18)10(2)16-14(19)11-7-5-6-8-11/h3,10-12H,1,4-9H2,2H3,(H,16,19)(H,17,18)(H,20,21). The van der Waals surface area contributed by atoms with Gasteiger partial charge in [-0.15, -0.1) is 6.58 Å². The number of nitrogens with one attached hydrogen (secondary N) is 2. The molecule has 0 bridgehead atoms. The van der Waals surface area contributed by atoms with Gasteiger partial charge in [-0.3, -0.25) is 9.59 Å². The number of hydrogen-bond acceptors (Lipinski definition) is 3. The van der Waals surface area contributed by atoms with Crippen molar-refractivity contribution >= 4 is 17.8 Å². The van der Waals surface area contributed by atoms with E-state index >= 15 is 0 Å². The first-order chi connectivity index (χ1) is 9.95. The summed E-state index contributed by atoms with van der Waals surface area (Å²) in [5, 5.41) is 14.2. The summed E-state index contributed by atoms with van der Waals surface area (Å²) in [5.41, 5.74) is 0. The zero-order valence-electron chi connectivity index (χ0n) is 12.4. The molecule has 6 nitrogen and oxygen atoms in total. The van der Waals surface area contributed by atoms with Crippen LogP contribution in [0.15, 0.2) is 12.7 Å². The average Bonchev–Trinajstić information content (AvgIpc) is 2.96. The van der Waals surface area contributed by atoms with Gasteiger partial charge in [0.2, 0.25) is 11.8 Å². The van der Waals surface area contributed by atoms with E-state index in [9.17, 15) is 14.4 Å². The highest BCUT2D eigenvalue weighted by atomic mass is 16.4. The second-order valence-corrected chi connectivity index (χ2v) is 5.48. The van der Waals surface area contributed by atoms with Gasteiger partial charge >= 0.3 is 5.97 Å². The van der Waals surface area contributed by atoms with Gasteiger partial charge in [-0.2, -0.15) is 0 Å². The molecule has 1 aliphatic rings. The van der Waals surface area contributed by atoms with Gasteiger partial charge in [0.1, 0.15) is 12.1 Å². The van der Waals surface area contributed by atoms with Crippen molar-refractivity contribution in [2.45, 2.75) is 57.5 Å². The van der Waals surface area contributed by atoms with E-state index in [4.69, 9.17) is 5.11 Å². The highest BCUT2D eigenvalue weighted by Crippen LogP contribution is 2.24. The lowest BCUT2D eigenvalue weighted by Crippen LogP contribution is -2.51. The second-order valence-electron chi connectivity index (χ2n) is 5.48. The Balaban J connectivity index is 2.46. The predicted molar refractivity (Wildman–Crippen MR) is 78.6 cm³/mol. The SMILES string of the molecule is C=CCCC(NC(=O)C(C)NC(=O)C1CCCC1)C(=O)O. The molecule has 3 N–H and O–H groups in total. The van der Waals surface area contributed by atoms with E-state index in [0.717, 1.165) is 25.7 Å². The Morgan fingerprint density at radius 1 is 1.29 bits per heavy atom. The maximum absolute atomic E-state index is 12.0. The molecule has 21 heavy (non-hydrogen) atoms.